The Kier molecular flexibility index (Phi) is 4.56. The summed E-state index contributed by atoms with van der Waals surface area (Å²) in [5, 5.41) is 9.96. The summed E-state index contributed by atoms with van der Waals surface area (Å²) in [6.07, 6.45) is 4.74. The Morgan fingerprint density at radius 2 is 2.07 bits per heavy atom. The van der Waals surface area contributed by atoms with Crippen molar-refractivity contribution in [3.8, 4) is 0 Å². The lowest BCUT2D eigenvalue weighted by Crippen LogP contribution is -2.25. The van der Waals surface area contributed by atoms with Gasteiger partial charge in [0.2, 0.25) is 0 Å². The van der Waals surface area contributed by atoms with E-state index in [1.54, 1.807) is 40.2 Å². The van der Waals surface area contributed by atoms with E-state index in [4.69, 9.17) is 4.98 Å². The van der Waals surface area contributed by atoms with Crippen LogP contribution in [0, 0.1) is 0 Å². The minimum absolute atomic E-state index is 0.0336. The summed E-state index contributed by atoms with van der Waals surface area (Å²) in [7, 11) is 0. The molecular formula is C20H17N5O2S2. The fourth-order valence-corrected chi connectivity index (χ4v) is 5.87. The lowest BCUT2D eigenvalue weighted by Gasteiger charge is -2.11. The molecule has 0 amide bonds. The molecule has 0 bridgehead atoms. The zero-order valence-corrected chi connectivity index (χ0v) is 17.1. The van der Waals surface area contributed by atoms with Gasteiger partial charge in [-0.2, -0.15) is 4.68 Å². The first-order valence-electron chi connectivity index (χ1n) is 9.28. The van der Waals surface area contributed by atoms with Gasteiger partial charge >= 0.3 is 0 Å². The van der Waals surface area contributed by atoms with Gasteiger partial charge in [-0.3, -0.25) is 14.2 Å². The van der Waals surface area contributed by atoms with E-state index in [0.717, 1.165) is 35.0 Å². The number of thiophene rings is 1. The van der Waals surface area contributed by atoms with Crippen LogP contribution in [-0.4, -0.2) is 24.5 Å². The molecule has 4 aromatic rings. The molecule has 0 aliphatic heterocycles. The van der Waals surface area contributed by atoms with Crippen LogP contribution in [0.3, 0.4) is 0 Å². The molecule has 0 spiro atoms. The molecular weight excluding hydrogens is 406 g/mol. The van der Waals surface area contributed by atoms with Gasteiger partial charge in [-0.25, -0.2) is 4.98 Å². The van der Waals surface area contributed by atoms with Crippen molar-refractivity contribution in [2.75, 3.05) is 0 Å². The second-order valence-electron chi connectivity index (χ2n) is 6.82. The van der Waals surface area contributed by atoms with Crippen LogP contribution >= 0.6 is 23.1 Å². The molecule has 1 aliphatic carbocycles. The number of hydrogen-bond donors (Lipinski definition) is 0. The molecule has 0 radical (unpaired) electrons. The number of hydrogen-bond acceptors (Lipinski definition) is 7. The van der Waals surface area contributed by atoms with E-state index < -0.39 is 0 Å². The maximum absolute atomic E-state index is 13.2. The number of thioether (sulfide) groups is 1. The van der Waals surface area contributed by atoms with Crippen molar-refractivity contribution in [3.63, 3.8) is 0 Å². The number of allylic oxidation sites excluding steroid dienone is 1. The van der Waals surface area contributed by atoms with Gasteiger partial charge in [-0.1, -0.05) is 35.2 Å². The summed E-state index contributed by atoms with van der Waals surface area (Å²) in [4.78, 5) is 32.7. The first-order chi connectivity index (χ1) is 14.2. The van der Waals surface area contributed by atoms with Crippen molar-refractivity contribution in [1.29, 1.82) is 0 Å². The Labute approximate surface area is 173 Å². The summed E-state index contributed by atoms with van der Waals surface area (Å²) in [5.74, 6) is 0.219. The number of benzene rings is 1. The molecule has 0 unspecified atom stereocenters. The van der Waals surface area contributed by atoms with Crippen molar-refractivity contribution in [1.82, 2.24) is 24.5 Å². The Morgan fingerprint density at radius 3 is 2.93 bits per heavy atom. The summed E-state index contributed by atoms with van der Waals surface area (Å²) < 4.78 is 2.93. The van der Waals surface area contributed by atoms with Crippen LogP contribution < -0.4 is 11.1 Å². The molecule has 9 heteroatoms. The fraction of sp³-hybridized carbons (Fsp3) is 0.250. The van der Waals surface area contributed by atoms with Crippen molar-refractivity contribution < 1.29 is 0 Å². The monoisotopic (exact) mass is 423 g/mol. The normalized spacial score (nSPS) is 13.2. The highest BCUT2D eigenvalue weighted by Gasteiger charge is 2.23. The average molecular weight is 424 g/mol. The summed E-state index contributed by atoms with van der Waals surface area (Å²) in [5.41, 5.74) is 1.48. The molecule has 0 N–H and O–H groups in total. The van der Waals surface area contributed by atoms with E-state index in [-0.39, 0.29) is 17.0 Å². The summed E-state index contributed by atoms with van der Waals surface area (Å²) >= 11 is 2.91. The molecule has 0 atom stereocenters. The zero-order valence-electron chi connectivity index (χ0n) is 15.5. The standard InChI is InChI=1S/C20H17N5O2S2/c1-2-10-24-19(27)16-13-7-5-9-15(13)29-17(16)21-20(24)28-11-25-18(26)12-6-3-4-8-14(12)22-23-25/h2-4,6,8H,1,5,7,9-11H2. The molecule has 3 heterocycles. The fourth-order valence-electron chi connectivity index (χ4n) is 3.69. The summed E-state index contributed by atoms with van der Waals surface area (Å²) in [6, 6.07) is 7.12. The molecule has 5 rings (SSSR count). The van der Waals surface area contributed by atoms with Gasteiger partial charge < -0.3 is 0 Å². The van der Waals surface area contributed by atoms with Gasteiger partial charge in [0.15, 0.2) is 5.16 Å². The van der Waals surface area contributed by atoms with Crippen LogP contribution in [-0.2, 0) is 25.3 Å². The minimum atomic E-state index is -0.211. The third-order valence-electron chi connectivity index (χ3n) is 5.05. The Bertz CT molecular complexity index is 1390. The van der Waals surface area contributed by atoms with Crippen LogP contribution in [0.25, 0.3) is 21.1 Å². The van der Waals surface area contributed by atoms with Crippen molar-refractivity contribution in [2.45, 2.75) is 36.8 Å². The van der Waals surface area contributed by atoms with E-state index in [0.29, 0.717) is 22.6 Å². The minimum Gasteiger partial charge on any atom is -0.283 e. The molecule has 0 saturated heterocycles. The molecule has 1 aromatic carbocycles. The highest BCUT2D eigenvalue weighted by atomic mass is 32.2. The second-order valence-corrected chi connectivity index (χ2v) is 8.82. The lowest BCUT2D eigenvalue weighted by atomic mass is 10.2. The first-order valence-corrected chi connectivity index (χ1v) is 11.1. The van der Waals surface area contributed by atoms with Crippen molar-refractivity contribution in [2.24, 2.45) is 0 Å². The lowest BCUT2D eigenvalue weighted by molar-refractivity contribution is 0.633. The zero-order chi connectivity index (χ0) is 20.0. The SMILES string of the molecule is C=CCn1c(SCn2nnc3ccccc3c2=O)nc2sc3c(c2c1=O)CCC3. The molecule has 0 saturated carbocycles. The maximum atomic E-state index is 13.2. The van der Waals surface area contributed by atoms with Crippen LogP contribution in [0.15, 0.2) is 51.7 Å². The Hall–Kier alpha value is -2.78. The molecule has 29 heavy (non-hydrogen) atoms. The second kappa shape index (κ2) is 7.23. The van der Waals surface area contributed by atoms with Crippen LogP contribution in [0.1, 0.15) is 16.9 Å². The number of aryl methyl sites for hydroxylation is 2. The predicted octanol–water partition coefficient (Wildman–Crippen LogP) is 2.99. The van der Waals surface area contributed by atoms with Crippen LogP contribution in [0.2, 0.25) is 0 Å². The number of rotatable bonds is 5. The quantitative estimate of drug-likeness (QED) is 0.279. The van der Waals surface area contributed by atoms with E-state index in [2.05, 4.69) is 16.9 Å². The summed E-state index contributed by atoms with van der Waals surface area (Å²) in [6.45, 7) is 4.14. The smallest absolute Gasteiger partial charge is 0.278 e. The molecule has 0 fully saturated rings. The van der Waals surface area contributed by atoms with Gasteiger partial charge in [-0.05, 0) is 37.0 Å². The Morgan fingerprint density at radius 1 is 1.21 bits per heavy atom. The van der Waals surface area contributed by atoms with Crippen molar-refractivity contribution >= 4 is 44.2 Å². The van der Waals surface area contributed by atoms with Gasteiger partial charge in [0, 0.05) is 11.4 Å². The average Bonchev–Trinajstić information content (AvgIpc) is 3.31. The van der Waals surface area contributed by atoms with Gasteiger partial charge in [-0.15, -0.1) is 23.0 Å². The van der Waals surface area contributed by atoms with Gasteiger partial charge in [0.1, 0.15) is 10.3 Å². The number of aromatic nitrogens is 5. The van der Waals surface area contributed by atoms with Crippen LogP contribution in [0.4, 0.5) is 0 Å². The largest absolute Gasteiger partial charge is 0.283 e. The Balaban J connectivity index is 1.56. The molecule has 3 aromatic heterocycles. The predicted molar refractivity (Wildman–Crippen MR) is 116 cm³/mol. The number of fused-ring (bicyclic) bond motifs is 4. The first kappa shape index (κ1) is 18.3. The van der Waals surface area contributed by atoms with Gasteiger partial charge in [0.25, 0.3) is 11.1 Å². The highest BCUT2D eigenvalue weighted by Crippen LogP contribution is 2.35. The highest BCUT2D eigenvalue weighted by molar-refractivity contribution is 7.98. The van der Waals surface area contributed by atoms with E-state index in [1.165, 1.54) is 21.3 Å². The van der Waals surface area contributed by atoms with E-state index in [9.17, 15) is 9.59 Å². The third kappa shape index (κ3) is 3.01. The third-order valence-corrected chi connectivity index (χ3v) is 7.18. The molecule has 7 nitrogen and oxygen atoms in total. The molecule has 146 valence electrons. The maximum Gasteiger partial charge on any atom is 0.278 e. The van der Waals surface area contributed by atoms with E-state index in [1.807, 2.05) is 6.07 Å². The van der Waals surface area contributed by atoms with E-state index >= 15 is 0 Å². The van der Waals surface area contributed by atoms with Crippen LogP contribution in [0.5, 0.6) is 0 Å². The topological polar surface area (TPSA) is 82.7 Å². The molecule has 1 aliphatic rings. The number of nitrogens with zero attached hydrogens (tertiary/aromatic N) is 5. The van der Waals surface area contributed by atoms with Crippen molar-refractivity contribution in [3.05, 3.63) is 68.1 Å². The van der Waals surface area contributed by atoms with Gasteiger partial charge in [0.05, 0.1) is 16.6 Å².